The average molecular weight is 326 g/mol. The van der Waals surface area contributed by atoms with Gasteiger partial charge in [0.15, 0.2) is 0 Å². The molecule has 0 aromatic carbocycles. The van der Waals surface area contributed by atoms with E-state index >= 15 is 0 Å². The fourth-order valence-electron chi connectivity index (χ4n) is 1.31. The van der Waals surface area contributed by atoms with Crippen molar-refractivity contribution in [1.29, 1.82) is 0 Å². The monoisotopic (exact) mass is 324 g/mol. The third-order valence-corrected chi connectivity index (χ3v) is 5.94. The Kier molecular flexibility index (Phi) is 2.60. The first-order valence-electron chi connectivity index (χ1n) is 4.16. The van der Waals surface area contributed by atoms with Crippen LogP contribution < -0.4 is 0 Å². The molecule has 0 spiro atoms. The predicted octanol–water partition coefficient (Wildman–Crippen LogP) is 4.11. The topological polar surface area (TPSA) is 20.2 Å². The van der Waals surface area contributed by atoms with Crippen LogP contribution >= 0.6 is 43.2 Å². The molecule has 72 valence electrons. The van der Waals surface area contributed by atoms with E-state index < -0.39 is 0 Å². The van der Waals surface area contributed by atoms with E-state index in [0.717, 1.165) is 26.0 Å². The molecule has 0 aliphatic heterocycles. The minimum absolute atomic E-state index is 0.143. The van der Waals surface area contributed by atoms with E-state index in [1.54, 1.807) is 11.3 Å². The van der Waals surface area contributed by atoms with Gasteiger partial charge in [-0.1, -0.05) is 6.92 Å². The number of halogens is 2. The molecular formula is C9H10Br2OS. The molecule has 1 unspecified atom stereocenters. The SMILES string of the molecule is CC1(C(O)c2cc(Br)c(Br)s2)CC1. The lowest BCUT2D eigenvalue weighted by Crippen LogP contribution is -2.07. The molecule has 1 heterocycles. The summed E-state index contributed by atoms with van der Waals surface area (Å²) in [5, 5.41) is 10.0. The molecule has 0 saturated heterocycles. The number of aliphatic hydroxyl groups is 1. The minimum atomic E-state index is -0.292. The maximum absolute atomic E-state index is 10.0. The van der Waals surface area contributed by atoms with Crippen LogP contribution in [0.15, 0.2) is 14.3 Å². The zero-order chi connectivity index (χ0) is 9.64. The fourth-order valence-corrected chi connectivity index (χ4v) is 3.56. The van der Waals surface area contributed by atoms with Gasteiger partial charge in [0.05, 0.1) is 9.89 Å². The van der Waals surface area contributed by atoms with Gasteiger partial charge in [-0.3, -0.25) is 0 Å². The first-order valence-corrected chi connectivity index (χ1v) is 6.56. The smallest absolute Gasteiger partial charge is 0.0936 e. The maximum atomic E-state index is 10.0. The summed E-state index contributed by atoms with van der Waals surface area (Å²) in [7, 11) is 0. The summed E-state index contributed by atoms with van der Waals surface area (Å²) in [5.74, 6) is 0. The lowest BCUT2D eigenvalue weighted by atomic mass is 10.0. The molecule has 1 nitrogen and oxygen atoms in total. The molecule has 2 rings (SSSR count). The molecule has 1 N–H and O–H groups in total. The Morgan fingerprint density at radius 1 is 1.54 bits per heavy atom. The van der Waals surface area contributed by atoms with Crippen molar-refractivity contribution in [2.24, 2.45) is 5.41 Å². The molecular weight excluding hydrogens is 316 g/mol. The van der Waals surface area contributed by atoms with Crippen molar-refractivity contribution in [3.05, 3.63) is 19.2 Å². The Balaban J connectivity index is 2.25. The van der Waals surface area contributed by atoms with Gasteiger partial charge in [-0.05, 0) is 56.2 Å². The Labute approximate surface area is 98.4 Å². The molecule has 0 radical (unpaired) electrons. The van der Waals surface area contributed by atoms with E-state index in [4.69, 9.17) is 0 Å². The van der Waals surface area contributed by atoms with E-state index in [1.165, 1.54) is 0 Å². The number of rotatable bonds is 2. The standard InChI is InChI=1S/C9H10Br2OS/c1-9(2-3-9)7(12)6-4-5(10)8(11)13-6/h4,7,12H,2-3H2,1H3. The maximum Gasteiger partial charge on any atom is 0.0936 e. The summed E-state index contributed by atoms with van der Waals surface area (Å²) in [6, 6.07) is 2.00. The zero-order valence-corrected chi connectivity index (χ0v) is 11.2. The quantitative estimate of drug-likeness (QED) is 0.867. The zero-order valence-electron chi connectivity index (χ0n) is 7.18. The summed E-state index contributed by atoms with van der Waals surface area (Å²) in [5.41, 5.74) is 0.143. The van der Waals surface area contributed by atoms with Crippen molar-refractivity contribution in [1.82, 2.24) is 0 Å². The first-order chi connectivity index (χ1) is 6.03. The van der Waals surface area contributed by atoms with Crippen LogP contribution in [0.2, 0.25) is 0 Å². The molecule has 4 heteroatoms. The highest BCUT2D eigenvalue weighted by Gasteiger charge is 2.45. The van der Waals surface area contributed by atoms with Crippen LogP contribution in [0, 0.1) is 5.41 Å². The van der Waals surface area contributed by atoms with Crippen molar-refractivity contribution in [3.63, 3.8) is 0 Å². The van der Waals surface area contributed by atoms with E-state index in [9.17, 15) is 5.11 Å². The van der Waals surface area contributed by atoms with Gasteiger partial charge in [-0.2, -0.15) is 0 Å². The molecule has 0 amide bonds. The minimum Gasteiger partial charge on any atom is -0.387 e. The van der Waals surface area contributed by atoms with Crippen molar-refractivity contribution < 1.29 is 5.11 Å². The molecule has 1 aliphatic rings. The van der Waals surface area contributed by atoms with Crippen LogP contribution in [-0.4, -0.2) is 5.11 Å². The Bertz CT molecular complexity index is 311. The van der Waals surface area contributed by atoms with Gasteiger partial charge >= 0.3 is 0 Å². The van der Waals surface area contributed by atoms with Crippen LogP contribution in [0.5, 0.6) is 0 Å². The van der Waals surface area contributed by atoms with Gasteiger partial charge in [0.25, 0.3) is 0 Å². The Morgan fingerprint density at radius 3 is 2.54 bits per heavy atom. The summed E-state index contributed by atoms with van der Waals surface area (Å²) >= 11 is 8.47. The van der Waals surface area contributed by atoms with Crippen molar-refractivity contribution >= 4 is 43.2 Å². The summed E-state index contributed by atoms with van der Waals surface area (Å²) in [4.78, 5) is 1.05. The van der Waals surface area contributed by atoms with Gasteiger partial charge < -0.3 is 5.11 Å². The van der Waals surface area contributed by atoms with Crippen molar-refractivity contribution in [3.8, 4) is 0 Å². The van der Waals surface area contributed by atoms with E-state index in [0.29, 0.717) is 0 Å². The number of hydrogen-bond donors (Lipinski definition) is 1. The molecule has 1 atom stereocenters. The fraction of sp³-hybridized carbons (Fsp3) is 0.556. The third kappa shape index (κ3) is 1.87. The van der Waals surface area contributed by atoms with Crippen LogP contribution in [0.4, 0.5) is 0 Å². The first kappa shape index (κ1) is 10.1. The summed E-state index contributed by atoms with van der Waals surface area (Å²) < 4.78 is 2.10. The largest absolute Gasteiger partial charge is 0.387 e. The number of aliphatic hydroxyl groups excluding tert-OH is 1. The molecule has 0 bridgehead atoms. The molecule has 1 aromatic rings. The predicted molar refractivity (Wildman–Crippen MR) is 62.0 cm³/mol. The second kappa shape index (κ2) is 3.33. The van der Waals surface area contributed by atoms with Crippen molar-refractivity contribution in [2.45, 2.75) is 25.9 Å². The number of thiophene rings is 1. The lowest BCUT2D eigenvalue weighted by Gasteiger charge is -2.15. The normalized spacial score (nSPS) is 21.5. The van der Waals surface area contributed by atoms with Crippen LogP contribution in [0.3, 0.4) is 0 Å². The van der Waals surface area contributed by atoms with Gasteiger partial charge in [-0.15, -0.1) is 11.3 Å². The van der Waals surface area contributed by atoms with E-state index in [1.807, 2.05) is 6.07 Å². The van der Waals surface area contributed by atoms with Crippen LogP contribution in [0.25, 0.3) is 0 Å². The number of hydrogen-bond acceptors (Lipinski definition) is 2. The van der Waals surface area contributed by atoms with Gasteiger partial charge in [0.2, 0.25) is 0 Å². The molecule has 1 fully saturated rings. The molecule has 13 heavy (non-hydrogen) atoms. The summed E-state index contributed by atoms with van der Waals surface area (Å²) in [6.45, 7) is 2.14. The van der Waals surface area contributed by atoms with E-state index in [2.05, 4.69) is 38.8 Å². The Morgan fingerprint density at radius 2 is 2.15 bits per heavy atom. The van der Waals surface area contributed by atoms with Gasteiger partial charge in [0.1, 0.15) is 0 Å². The molecule has 1 saturated carbocycles. The van der Waals surface area contributed by atoms with E-state index in [-0.39, 0.29) is 11.5 Å². The highest BCUT2D eigenvalue weighted by atomic mass is 79.9. The second-order valence-corrected chi connectivity index (χ2v) is 7.08. The lowest BCUT2D eigenvalue weighted by molar-refractivity contribution is 0.107. The van der Waals surface area contributed by atoms with Crippen LogP contribution in [0.1, 0.15) is 30.7 Å². The summed E-state index contributed by atoms with van der Waals surface area (Å²) in [6.07, 6.45) is 1.99. The van der Waals surface area contributed by atoms with Crippen molar-refractivity contribution in [2.75, 3.05) is 0 Å². The highest BCUT2D eigenvalue weighted by molar-refractivity contribution is 9.13. The van der Waals surface area contributed by atoms with Gasteiger partial charge in [0, 0.05) is 9.35 Å². The molecule has 1 aromatic heterocycles. The Hall–Kier alpha value is 0.620. The average Bonchev–Trinajstić information content (AvgIpc) is 2.74. The van der Waals surface area contributed by atoms with Gasteiger partial charge in [-0.25, -0.2) is 0 Å². The second-order valence-electron chi connectivity index (χ2n) is 3.83. The third-order valence-electron chi connectivity index (χ3n) is 2.63. The van der Waals surface area contributed by atoms with Crippen LogP contribution in [-0.2, 0) is 0 Å². The highest BCUT2D eigenvalue weighted by Crippen LogP contribution is 2.56. The molecule has 1 aliphatic carbocycles.